The van der Waals surface area contributed by atoms with E-state index in [9.17, 15) is 15.1 Å². The molecule has 0 radical (unpaired) electrons. The number of hydrogen-bond donors (Lipinski definition) is 2. The molecule has 4 nitrogen and oxygen atoms in total. The lowest BCUT2D eigenvalue weighted by atomic mass is 9.89. The highest BCUT2D eigenvalue weighted by Crippen LogP contribution is 2.31. The number of nitrogens with zero attached hydrogens (tertiary/aromatic N) is 1. The topological polar surface area (TPSA) is 60.8 Å². The van der Waals surface area contributed by atoms with E-state index in [2.05, 4.69) is 0 Å². The molecule has 0 unspecified atom stereocenters. The van der Waals surface area contributed by atoms with Crippen LogP contribution in [0.15, 0.2) is 30.3 Å². The third kappa shape index (κ3) is 1.81. The predicted octanol–water partition coefficient (Wildman–Crippen LogP) is 1.54. The molecule has 86 valence electrons. The quantitative estimate of drug-likeness (QED) is 0.812. The van der Waals surface area contributed by atoms with Crippen LogP contribution >= 0.6 is 0 Å². The van der Waals surface area contributed by atoms with Crippen molar-refractivity contribution in [3.8, 4) is 0 Å². The number of benzene rings is 1. The Morgan fingerprint density at radius 3 is 2.56 bits per heavy atom. The second kappa shape index (κ2) is 4.23. The summed E-state index contributed by atoms with van der Waals surface area (Å²) in [4.78, 5) is 11.3. The van der Waals surface area contributed by atoms with Gasteiger partial charge in [-0.15, -0.1) is 0 Å². The summed E-state index contributed by atoms with van der Waals surface area (Å²) in [6.45, 7) is 0.430. The van der Waals surface area contributed by atoms with Gasteiger partial charge < -0.3 is 10.3 Å². The summed E-state index contributed by atoms with van der Waals surface area (Å²) >= 11 is 0. The molecule has 1 aromatic rings. The number of carboxylic acids is 1. The Balaban J connectivity index is 2.25. The molecule has 0 aliphatic carbocycles. The van der Waals surface area contributed by atoms with Gasteiger partial charge in [0.1, 0.15) is 5.54 Å². The Bertz CT molecular complexity index is 379. The number of carboxylic acid groups (broad SMARTS) is 1. The first kappa shape index (κ1) is 11.1. The molecule has 1 fully saturated rings. The van der Waals surface area contributed by atoms with E-state index in [0.717, 1.165) is 17.0 Å². The van der Waals surface area contributed by atoms with Crippen molar-refractivity contribution in [2.75, 3.05) is 6.54 Å². The Hall–Kier alpha value is -1.39. The van der Waals surface area contributed by atoms with Crippen LogP contribution in [0.5, 0.6) is 0 Å². The highest BCUT2D eigenvalue weighted by Gasteiger charge is 2.47. The van der Waals surface area contributed by atoms with Crippen molar-refractivity contribution in [3.63, 3.8) is 0 Å². The molecule has 0 aromatic heterocycles. The molecule has 1 aromatic carbocycles. The molecule has 4 heteroatoms. The van der Waals surface area contributed by atoms with Crippen molar-refractivity contribution in [2.24, 2.45) is 0 Å². The molecule has 16 heavy (non-hydrogen) atoms. The summed E-state index contributed by atoms with van der Waals surface area (Å²) in [5, 5.41) is 20.0. The van der Waals surface area contributed by atoms with Crippen molar-refractivity contribution >= 4 is 5.97 Å². The van der Waals surface area contributed by atoms with Gasteiger partial charge in [-0.25, -0.2) is 0 Å². The fourth-order valence-corrected chi connectivity index (χ4v) is 2.27. The zero-order valence-electron chi connectivity index (χ0n) is 8.97. The van der Waals surface area contributed by atoms with Gasteiger partial charge in [0.25, 0.3) is 0 Å². The zero-order chi connectivity index (χ0) is 11.6. The highest BCUT2D eigenvalue weighted by molar-refractivity contribution is 5.79. The molecule has 1 saturated heterocycles. The fraction of sp³-hybridized carbons (Fsp3) is 0.417. The molecule has 0 saturated carbocycles. The molecule has 1 atom stereocenters. The monoisotopic (exact) mass is 221 g/mol. The highest BCUT2D eigenvalue weighted by atomic mass is 16.5. The van der Waals surface area contributed by atoms with Crippen molar-refractivity contribution in [1.82, 2.24) is 5.06 Å². The molecule has 1 aliphatic heterocycles. The molecule has 2 N–H and O–H groups in total. The van der Waals surface area contributed by atoms with Gasteiger partial charge in [0.15, 0.2) is 0 Å². The summed E-state index contributed by atoms with van der Waals surface area (Å²) in [7, 11) is 0. The first-order valence-corrected chi connectivity index (χ1v) is 5.39. The third-order valence-corrected chi connectivity index (χ3v) is 3.19. The van der Waals surface area contributed by atoms with E-state index in [1.54, 1.807) is 0 Å². The minimum atomic E-state index is -1.14. The van der Waals surface area contributed by atoms with E-state index in [1.807, 2.05) is 30.3 Å². The van der Waals surface area contributed by atoms with Crippen LogP contribution in [0.1, 0.15) is 18.4 Å². The van der Waals surface area contributed by atoms with Crippen molar-refractivity contribution in [3.05, 3.63) is 35.9 Å². The molecule has 0 bridgehead atoms. The average molecular weight is 221 g/mol. The Morgan fingerprint density at radius 1 is 1.38 bits per heavy atom. The summed E-state index contributed by atoms with van der Waals surface area (Å²) in [5.41, 5.74) is -0.202. The average Bonchev–Trinajstić information content (AvgIpc) is 2.63. The second-order valence-corrected chi connectivity index (χ2v) is 4.23. The molecule has 2 rings (SSSR count). The lowest BCUT2D eigenvalue weighted by molar-refractivity contribution is -0.184. The van der Waals surface area contributed by atoms with Crippen molar-refractivity contribution < 1.29 is 15.1 Å². The van der Waals surface area contributed by atoms with E-state index in [4.69, 9.17) is 0 Å². The van der Waals surface area contributed by atoms with Crippen LogP contribution in [-0.2, 0) is 11.2 Å². The minimum absolute atomic E-state index is 0.347. The Morgan fingerprint density at radius 2 is 2.06 bits per heavy atom. The number of hydrogen-bond acceptors (Lipinski definition) is 3. The van der Waals surface area contributed by atoms with Crippen LogP contribution in [0.2, 0.25) is 0 Å². The van der Waals surface area contributed by atoms with Crippen molar-refractivity contribution in [1.29, 1.82) is 0 Å². The van der Waals surface area contributed by atoms with E-state index in [1.165, 1.54) is 0 Å². The van der Waals surface area contributed by atoms with Crippen LogP contribution < -0.4 is 0 Å². The number of rotatable bonds is 3. The normalized spacial score (nSPS) is 25.8. The van der Waals surface area contributed by atoms with Gasteiger partial charge in [0.2, 0.25) is 0 Å². The number of carbonyl (C=O) groups is 1. The Labute approximate surface area is 94.1 Å². The van der Waals surface area contributed by atoms with Crippen molar-refractivity contribution in [2.45, 2.75) is 24.8 Å². The van der Waals surface area contributed by atoms with Gasteiger partial charge >= 0.3 is 5.97 Å². The van der Waals surface area contributed by atoms with Gasteiger partial charge in [-0.3, -0.25) is 4.79 Å². The molecule has 1 heterocycles. The van der Waals surface area contributed by atoms with E-state index < -0.39 is 11.5 Å². The lowest BCUT2D eigenvalue weighted by Gasteiger charge is -2.29. The maximum atomic E-state index is 11.3. The smallest absolute Gasteiger partial charge is 0.326 e. The summed E-state index contributed by atoms with van der Waals surface area (Å²) in [6, 6.07) is 9.42. The first-order valence-electron chi connectivity index (χ1n) is 5.39. The van der Waals surface area contributed by atoms with Crippen LogP contribution in [0.4, 0.5) is 0 Å². The fourth-order valence-electron chi connectivity index (χ4n) is 2.27. The summed E-state index contributed by atoms with van der Waals surface area (Å²) in [5.74, 6) is -0.948. The Kier molecular flexibility index (Phi) is 2.94. The largest absolute Gasteiger partial charge is 0.480 e. The van der Waals surface area contributed by atoms with Gasteiger partial charge in [-0.05, 0) is 18.4 Å². The van der Waals surface area contributed by atoms with Crippen LogP contribution in [0, 0.1) is 0 Å². The van der Waals surface area contributed by atoms with Gasteiger partial charge in [0.05, 0.1) is 0 Å². The lowest BCUT2D eigenvalue weighted by Crippen LogP contribution is -2.50. The molecule has 1 aliphatic rings. The van der Waals surface area contributed by atoms with Gasteiger partial charge in [-0.2, -0.15) is 5.06 Å². The van der Waals surface area contributed by atoms with Gasteiger partial charge in [-0.1, -0.05) is 30.3 Å². The van der Waals surface area contributed by atoms with Crippen LogP contribution in [-0.4, -0.2) is 33.4 Å². The van der Waals surface area contributed by atoms with E-state index in [-0.39, 0.29) is 0 Å². The number of aliphatic carboxylic acids is 1. The molecular formula is C12H15NO3. The SMILES string of the molecule is O=C(O)[C@]1(Cc2ccccc2)CCCN1O. The summed E-state index contributed by atoms with van der Waals surface area (Å²) < 4.78 is 0. The molecule has 0 spiro atoms. The molecule has 0 amide bonds. The second-order valence-electron chi connectivity index (χ2n) is 4.23. The first-order chi connectivity index (χ1) is 7.65. The maximum Gasteiger partial charge on any atom is 0.326 e. The van der Waals surface area contributed by atoms with Crippen LogP contribution in [0.25, 0.3) is 0 Å². The van der Waals surface area contributed by atoms with E-state index >= 15 is 0 Å². The zero-order valence-corrected chi connectivity index (χ0v) is 8.97. The summed E-state index contributed by atoms with van der Waals surface area (Å²) in [6.07, 6.45) is 1.56. The number of hydroxylamine groups is 2. The van der Waals surface area contributed by atoms with E-state index in [0.29, 0.717) is 19.4 Å². The molecular weight excluding hydrogens is 206 g/mol. The van der Waals surface area contributed by atoms with Crippen LogP contribution in [0.3, 0.4) is 0 Å². The maximum absolute atomic E-state index is 11.3. The predicted molar refractivity (Wildman–Crippen MR) is 58.2 cm³/mol. The third-order valence-electron chi connectivity index (χ3n) is 3.19. The standard InChI is InChI=1S/C12H15NO3/c14-11(15)12(7-4-8-13(12)16)9-10-5-2-1-3-6-10/h1-3,5-6,16H,4,7-9H2,(H,14,15)/t12-/m1/s1. The minimum Gasteiger partial charge on any atom is -0.480 e. The van der Waals surface area contributed by atoms with Gasteiger partial charge in [0, 0.05) is 13.0 Å².